The number of carbonyl (C=O) groups is 1. The van der Waals surface area contributed by atoms with Gasteiger partial charge in [0.05, 0.1) is 11.4 Å². The third-order valence-corrected chi connectivity index (χ3v) is 5.57. The summed E-state index contributed by atoms with van der Waals surface area (Å²) < 4.78 is 1.68. The minimum absolute atomic E-state index is 0.0882. The van der Waals surface area contributed by atoms with Crippen LogP contribution in [0, 0.1) is 34.6 Å². The molecule has 0 radical (unpaired) electrons. The third-order valence-electron chi connectivity index (χ3n) is 4.65. The smallest absolute Gasteiger partial charge is 0.214 e. The number of carbonyl (C=O) groups excluding carboxylic acids is 1. The van der Waals surface area contributed by atoms with Crippen molar-refractivity contribution in [3.63, 3.8) is 0 Å². The quantitative estimate of drug-likeness (QED) is 0.501. The lowest BCUT2D eigenvalue weighted by atomic mass is 9.99. The number of tetrazole rings is 1. The molecule has 0 aliphatic carbocycles. The predicted octanol–water partition coefficient (Wildman–Crippen LogP) is 4.18. The fraction of sp³-hybridized carbons (Fsp3) is 0.300. The van der Waals surface area contributed by atoms with E-state index in [-0.39, 0.29) is 5.78 Å². The summed E-state index contributed by atoms with van der Waals surface area (Å²) in [6, 6.07) is 10.1. The van der Waals surface area contributed by atoms with Gasteiger partial charge in [0.2, 0.25) is 5.16 Å². The lowest BCUT2D eigenvalue weighted by Crippen LogP contribution is -2.07. The van der Waals surface area contributed by atoms with Crippen molar-refractivity contribution in [1.82, 2.24) is 20.2 Å². The number of Topliss-reactive ketones (excluding diaryl/α,β-unsaturated/α-hetero) is 1. The number of hydrogen-bond acceptors (Lipinski definition) is 5. The molecule has 5 nitrogen and oxygen atoms in total. The van der Waals surface area contributed by atoms with E-state index in [1.807, 2.05) is 38.1 Å². The van der Waals surface area contributed by atoms with E-state index < -0.39 is 0 Å². The predicted molar refractivity (Wildman–Crippen MR) is 104 cm³/mol. The highest BCUT2D eigenvalue weighted by molar-refractivity contribution is 7.99. The first-order valence-electron chi connectivity index (χ1n) is 8.46. The number of aromatic nitrogens is 4. The molecule has 0 amide bonds. The number of nitrogens with zero attached hydrogens (tertiary/aromatic N) is 4. The zero-order chi connectivity index (χ0) is 18.8. The Hall–Kier alpha value is -2.47. The fourth-order valence-corrected chi connectivity index (χ4v) is 3.53. The van der Waals surface area contributed by atoms with Crippen LogP contribution in [0.1, 0.15) is 38.2 Å². The highest BCUT2D eigenvalue weighted by Gasteiger charge is 2.15. The molecule has 0 bridgehead atoms. The molecule has 0 aliphatic heterocycles. The molecule has 0 N–H and O–H groups in total. The summed E-state index contributed by atoms with van der Waals surface area (Å²) in [6.07, 6.45) is 0. The average Bonchev–Trinajstić information content (AvgIpc) is 3.07. The molecule has 0 saturated heterocycles. The first kappa shape index (κ1) is 18.3. The molecule has 0 unspecified atom stereocenters. The van der Waals surface area contributed by atoms with Gasteiger partial charge in [-0.1, -0.05) is 23.9 Å². The molecule has 3 rings (SSSR count). The van der Waals surface area contributed by atoms with E-state index in [0.717, 1.165) is 22.4 Å². The lowest BCUT2D eigenvalue weighted by Gasteiger charge is -2.09. The van der Waals surface area contributed by atoms with Crippen molar-refractivity contribution in [2.75, 3.05) is 5.75 Å². The average molecular weight is 366 g/mol. The molecule has 0 atom stereocenters. The standard InChI is InChI=1S/C20H22N4OS/c1-12-6-7-17(9-14(12)3)24-20(21-22-23-24)26-11-19(25)18-10-15(4)13(2)8-16(18)5/h6-10H,11H2,1-5H3. The number of ketones is 1. The lowest BCUT2D eigenvalue weighted by molar-refractivity contribution is 0.102. The molecule has 6 heteroatoms. The highest BCUT2D eigenvalue weighted by atomic mass is 32.2. The minimum Gasteiger partial charge on any atom is -0.293 e. The Balaban J connectivity index is 1.79. The van der Waals surface area contributed by atoms with E-state index in [1.54, 1.807) is 4.68 Å². The molecule has 1 heterocycles. The Kier molecular flexibility index (Phi) is 5.23. The third kappa shape index (κ3) is 3.70. The van der Waals surface area contributed by atoms with Crippen LogP contribution in [-0.4, -0.2) is 31.7 Å². The summed E-state index contributed by atoms with van der Waals surface area (Å²) in [7, 11) is 0. The molecule has 26 heavy (non-hydrogen) atoms. The summed E-state index contributed by atoms with van der Waals surface area (Å²) in [5.41, 5.74) is 7.40. The van der Waals surface area contributed by atoms with Crippen LogP contribution in [-0.2, 0) is 0 Å². The summed E-state index contributed by atoms with van der Waals surface area (Å²) in [4.78, 5) is 12.7. The number of hydrogen-bond donors (Lipinski definition) is 0. The van der Waals surface area contributed by atoms with Crippen LogP contribution in [0.2, 0.25) is 0 Å². The van der Waals surface area contributed by atoms with Gasteiger partial charge >= 0.3 is 0 Å². The van der Waals surface area contributed by atoms with Gasteiger partial charge in [-0.05, 0) is 91.1 Å². The Morgan fingerprint density at radius 2 is 1.62 bits per heavy atom. The van der Waals surface area contributed by atoms with Crippen molar-refractivity contribution in [1.29, 1.82) is 0 Å². The first-order valence-corrected chi connectivity index (χ1v) is 9.45. The fourth-order valence-electron chi connectivity index (χ4n) is 2.76. The molecule has 2 aromatic carbocycles. The molecular formula is C20H22N4OS. The zero-order valence-corrected chi connectivity index (χ0v) is 16.5. The van der Waals surface area contributed by atoms with Crippen LogP contribution in [0.5, 0.6) is 0 Å². The number of aryl methyl sites for hydroxylation is 5. The Morgan fingerprint density at radius 3 is 2.35 bits per heavy atom. The molecular weight excluding hydrogens is 344 g/mol. The van der Waals surface area contributed by atoms with Crippen LogP contribution < -0.4 is 0 Å². The Morgan fingerprint density at radius 1 is 0.923 bits per heavy atom. The topological polar surface area (TPSA) is 60.7 Å². The monoisotopic (exact) mass is 366 g/mol. The normalized spacial score (nSPS) is 11.0. The van der Waals surface area contributed by atoms with Gasteiger partial charge in [-0.15, -0.1) is 5.10 Å². The highest BCUT2D eigenvalue weighted by Crippen LogP contribution is 2.23. The molecule has 1 aromatic heterocycles. The summed E-state index contributed by atoms with van der Waals surface area (Å²) >= 11 is 1.36. The second-order valence-corrected chi connectivity index (χ2v) is 7.55. The van der Waals surface area contributed by atoms with Crippen molar-refractivity contribution in [2.45, 2.75) is 39.8 Å². The Bertz CT molecular complexity index is 978. The maximum atomic E-state index is 12.7. The number of rotatable bonds is 5. The second-order valence-electron chi connectivity index (χ2n) is 6.61. The molecule has 0 fully saturated rings. The van der Waals surface area contributed by atoms with E-state index in [4.69, 9.17) is 0 Å². The van der Waals surface area contributed by atoms with Crippen molar-refractivity contribution >= 4 is 17.5 Å². The van der Waals surface area contributed by atoms with Gasteiger partial charge in [0, 0.05) is 5.56 Å². The van der Waals surface area contributed by atoms with Crippen LogP contribution in [0.4, 0.5) is 0 Å². The van der Waals surface area contributed by atoms with Gasteiger partial charge in [-0.2, -0.15) is 4.68 Å². The second kappa shape index (κ2) is 7.41. The van der Waals surface area contributed by atoms with Crippen molar-refractivity contribution < 1.29 is 4.79 Å². The largest absolute Gasteiger partial charge is 0.293 e. The molecule has 0 saturated carbocycles. The van der Waals surface area contributed by atoms with E-state index in [1.165, 1.54) is 28.5 Å². The van der Waals surface area contributed by atoms with Gasteiger partial charge in [0.15, 0.2) is 5.78 Å². The van der Waals surface area contributed by atoms with Crippen LogP contribution in [0.15, 0.2) is 35.5 Å². The maximum Gasteiger partial charge on any atom is 0.214 e. The molecule has 0 spiro atoms. The van der Waals surface area contributed by atoms with Gasteiger partial charge < -0.3 is 0 Å². The van der Waals surface area contributed by atoms with Crippen molar-refractivity contribution in [3.8, 4) is 5.69 Å². The van der Waals surface area contributed by atoms with Gasteiger partial charge in [0.25, 0.3) is 0 Å². The SMILES string of the molecule is Cc1ccc(-n2nnnc2SCC(=O)c2cc(C)c(C)cc2C)cc1C. The van der Waals surface area contributed by atoms with Gasteiger partial charge in [0.1, 0.15) is 0 Å². The summed E-state index contributed by atoms with van der Waals surface area (Å²) in [5, 5.41) is 12.5. The number of thioether (sulfide) groups is 1. The van der Waals surface area contributed by atoms with E-state index >= 15 is 0 Å². The van der Waals surface area contributed by atoms with Crippen LogP contribution >= 0.6 is 11.8 Å². The van der Waals surface area contributed by atoms with Gasteiger partial charge in [-0.25, -0.2) is 0 Å². The van der Waals surface area contributed by atoms with Crippen LogP contribution in [0.3, 0.4) is 0 Å². The van der Waals surface area contributed by atoms with Crippen LogP contribution in [0.25, 0.3) is 5.69 Å². The minimum atomic E-state index is 0.0882. The molecule has 134 valence electrons. The van der Waals surface area contributed by atoms with E-state index in [9.17, 15) is 4.79 Å². The first-order chi connectivity index (χ1) is 12.4. The van der Waals surface area contributed by atoms with Gasteiger partial charge in [-0.3, -0.25) is 4.79 Å². The molecule has 0 aliphatic rings. The van der Waals surface area contributed by atoms with E-state index in [0.29, 0.717) is 10.9 Å². The summed E-state index contributed by atoms with van der Waals surface area (Å²) in [6.45, 7) is 10.2. The van der Waals surface area contributed by atoms with Crippen molar-refractivity contribution in [3.05, 3.63) is 63.7 Å². The van der Waals surface area contributed by atoms with Crippen molar-refractivity contribution in [2.24, 2.45) is 0 Å². The zero-order valence-electron chi connectivity index (χ0n) is 15.7. The van der Waals surface area contributed by atoms with E-state index in [2.05, 4.69) is 42.4 Å². The summed E-state index contributed by atoms with van der Waals surface area (Å²) in [5.74, 6) is 0.388. The Labute approximate surface area is 157 Å². The maximum absolute atomic E-state index is 12.7. The number of benzene rings is 2. The molecule has 3 aromatic rings.